The maximum atomic E-state index is 13.3. The lowest BCUT2D eigenvalue weighted by molar-refractivity contribution is -0.119. The molecule has 3 aromatic rings. The van der Waals surface area contributed by atoms with Gasteiger partial charge < -0.3 is 10.1 Å². The molecule has 2 aromatic heterocycles. The van der Waals surface area contributed by atoms with Crippen LogP contribution in [-0.4, -0.2) is 28.0 Å². The van der Waals surface area contributed by atoms with Crippen LogP contribution >= 0.6 is 11.3 Å². The van der Waals surface area contributed by atoms with Crippen LogP contribution in [0.4, 0.5) is 5.69 Å². The van der Waals surface area contributed by atoms with Crippen molar-refractivity contribution in [3.8, 4) is 0 Å². The summed E-state index contributed by atoms with van der Waals surface area (Å²) in [7, 11) is 0. The summed E-state index contributed by atoms with van der Waals surface area (Å²) in [5.74, 6) is -0.769. The molecule has 8 heteroatoms. The predicted octanol–water partition coefficient (Wildman–Crippen LogP) is 4.10. The van der Waals surface area contributed by atoms with Gasteiger partial charge in [-0.25, -0.2) is 9.78 Å². The van der Waals surface area contributed by atoms with E-state index in [9.17, 15) is 14.4 Å². The van der Waals surface area contributed by atoms with Gasteiger partial charge in [0, 0.05) is 10.6 Å². The number of rotatable bonds is 6. The molecule has 2 heterocycles. The SMILES string of the molecule is CCOC(=O)c1cccc(NC(=O)C(CC)n2cnc3sc4c(c3c2=O)CCCC4)c1. The van der Waals surface area contributed by atoms with Crippen LogP contribution < -0.4 is 10.9 Å². The molecule has 7 nitrogen and oxygen atoms in total. The van der Waals surface area contributed by atoms with Crippen molar-refractivity contribution in [3.05, 3.63) is 57.0 Å². The maximum Gasteiger partial charge on any atom is 0.338 e. The van der Waals surface area contributed by atoms with E-state index < -0.39 is 12.0 Å². The van der Waals surface area contributed by atoms with E-state index in [2.05, 4.69) is 10.3 Å². The summed E-state index contributed by atoms with van der Waals surface area (Å²) in [6.07, 6.45) is 6.00. The molecular weight excluding hydrogens is 414 g/mol. The van der Waals surface area contributed by atoms with Crippen molar-refractivity contribution in [2.24, 2.45) is 0 Å². The third-order valence-electron chi connectivity index (χ3n) is 5.57. The third-order valence-corrected chi connectivity index (χ3v) is 6.77. The van der Waals surface area contributed by atoms with Gasteiger partial charge in [0.1, 0.15) is 10.9 Å². The Morgan fingerprint density at radius 2 is 2.06 bits per heavy atom. The second-order valence-corrected chi connectivity index (χ2v) is 8.65. The number of fused-ring (bicyclic) bond motifs is 3. The number of aryl methyl sites for hydroxylation is 2. The van der Waals surface area contributed by atoms with Gasteiger partial charge in [0.2, 0.25) is 5.91 Å². The summed E-state index contributed by atoms with van der Waals surface area (Å²) in [4.78, 5) is 44.8. The van der Waals surface area contributed by atoms with E-state index in [0.717, 1.165) is 36.1 Å². The molecule has 0 radical (unpaired) electrons. The fraction of sp³-hybridized carbons (Fsp3) is 0.391. The van der Waals surface area contributed by atoms with Gasteiger partial charge >= 0.3 is 5.97 Å². The molecule has 0 saturated heterocycles. The van der Waals surface area contributed by atoms with Gasteiger partial charge in [-0.3, -0.25) is 14.2 Å². The van der Waals surface area contributed by atoms with Crippen molar-refractivity contribution < 1.29 is 14.3 Å². The molecule has 0 aliphatic heterocycles. The number of nitrogens with one attached hydrogen (secondary N) is 1. The van der Waals surface area contributed by atoms with Crippen LogP contribution in [0.2, 0.25) is 0 Å². The lowest BCUT2D eigenvalue weighted by Crippen LogP contribution is -2.33. The minimum atomic E-state index is -0.699. The van der Waals surface area contributed by atoms with E-state index in [1.54, 1.807) is 42.5 Å². The number of nitrogens with zero attached hydrogens (tertiary/aromatic N) is 2. The average Bonchev–Trinajstić information content (AvgIpc) is 3.15. The van der Waals surface area contributed by atoms with E-state index >= 15 is 0 Å². The highest BCUT2D eigenvalue weighted by Gasteiger charge is 2.25. The van der Waals surface area contributed by atoms with Crippen LogP contribution in [0.15, 0.2) is 35.4 Å². The smallest absolute Gasteiger partial charge is 0.338 e. The first-order valence-corrected chi connectivity index (χ1v) is 11.4. The Bertz CT molecular complexity index is 1200. The molecule has 1 atom stereocenters. The van der Waals surface area contributed by atoms with Crippen LogP contribution in [0.3, 0.4) is 0 Å². The number of aromatic nitrogens is 2. The number of hydrogen-bond donors (Lipinski definition) is 1. The molecule has 4 rings (SSSR count). The number of benzene rings is 1. The zero-order valence-electron chi connectivity index (χ0n) is 17.6. The summed E-state index contributed by atoms with van der Waals surface area (Å²) < 4.78 is 6.45. The highest BCUT2D eigenvalue weighted by molar-refractivity contribution is 7.18. The van der Waals surface area contributed by atoms with Crippen LogP contribution in [0.25, 0.3) is 10.2 Å². The van der Waals surface area contributed by atoms with Crippen molar-refractivity contribution in [1.29, 1.82) is 0 Å². The first kappa shape index (κ1) is 21.2. The van der Waals surface area contributed by atoms with Gasteiger partial charge in [-0.15, -0.1) is 11.3 Å². The summed E-state index contributed by atoms with van der Waals surface area (Å²) >= 11 is 1.59. The van der Waals surface area contributed by atoms with E-state index in [4.69, 9.17) is 4.74 Å². The fourth-order valence-corrected chi connectivity index (χ4v) is 5.27. The van der Waals surface area contributed by atoms with Crippen molar-refractivity contribution in [2.75, 3.05) is 11.9 Å². The molecular formula is C23H25N3O4S. The normalized spacial score (nSPS) is 14.1. The lowest BCUT2D eigenvalue weighted by Gasteiger charge is -2.18. The molecule has 1 aliphatic rings. The largest absolute Gasteiger partial charge is 0.462 e. The standard InChI is InChI=1S/C23H25N3O4S/c1-3-17(20(27)25-15-9-7-8-14(12-15)23(29)30-4-2)26-13-24-21-19(22(26)28)16-10-5-6-11-18(16)31-21/h7-9,12-13,17H,3-6,10-11H2,1-2H3,(H,25,27). The lowest BCUT2D eigenvalue weighted by atomic mass is 9.97. The summed E-state index contributed by atoms with van der Waals surface area (Å²) in [6.45, 7) is 3.87. The van der Waals surface area contributed by atoms with Gasteiger partial charge in [0.25, 0.3) is 5.56 Å². The third kappa shape index (κ3) is 4.12. The Kier molecular flexibility index (Phi) is 6.18. The summed E-state index contributed by atoms with van der Waals surface area (Å²) in [5, 5.41) is 3.49. The Morgan fingerprint density at radius 3 is 2.84 bits per heavy atom. The number of ether oxygens (including phenoxy) is 1. The number of carbonyl (C=O) groups excluding carboxylic acids is 2. The van der Waals surface area contributed by atoms with E-state index in [0.29, 0.717) is 23.1 Å². The molecule has 162 valence electrons. The number of thiophene rings is 1. The number of anilines is 1. The number of hydrogen-bond acceptors (Lipinski definition) is 6. The van der Waals surface area contributed by atoms with Gasteiger partial charge in [-0.05, 0) is 62.8 Å². The highest BCUT2D eigenvalue weighted by atomic mass is 32.1. The predicted molar refractivity (Wildman–Crippen MR) is 121 cm³/mol. The minimum absolute atomic E-state index is 0.160. The van der Waals surface area contributed by atoms with E-state index in [1.807, 2.05) is 6.92 Å². The Morgan fingerprint density at radius 1 is 1.26 bits per heavy atom. The molecule has 31 heavy (non-hydrogen) atoms. The molecule has 1 aromatic carbocycles. The number of esters is 1. The Hall–Kier alpha value is -3.00. The summed E-state index contributed by atoms with van der Waals surface area (Å²) in [6, 6.07) is 5.89. The van der Waals surface area contributed by atoms with Crippen molar-refractivity contribution in [3.63, 3.8) is 0 Å². The van der Waals surface area contributed by atoms with Gasteiger partial charge in [-0.1, -0.05) is 13.0 Å². The topological polar surface area (TPSA) is 90.3 Å². The molecule has 1 aliphatic carbocycles. The van der Waals surface area contributed by atoms with Crippen LogP contribution in [0.1, 0.15) is 60.0 Å². The number of carbonyl (C=O) groups is 2. The molecule has 1 amide bonds. The maximum absolute atomic E-state index is 13.3. The zero-order chi connectivity index (χ0) is 22.0. The van der Waals surface area contributed by atoms with E-state index in [-0.39, 0.29) is 18.1 Å². The zero-order valence-corrected chi connectivity index (χ0v) is 18.5. The van der Waals surface area contributed by atoms with Crippen molar-refractivity contribution in [1.82, 2.24) is 9.55 Å². The van der Waals surface area contributed by atoms with Crippen LogP contribution in [-0.2, 0) is 22.4 Å². The highest BCUT2D eigenvalue weighted by Crippen LogP contribution is 2.33. The molecule has 0 bridgehead atoms. The molecule has 0 saturated carbocycles. The molecule has 1 N–H and O–H groups in total. The Balaban J connectivity index is 1.63. The average molecular weight is 440 g/mol. The Labute approximate surface area is 184 Å². The van der Waals surface area contributed by atoms with Crippen LogP contribution in [0, 0.1) is 0 Å². The molecule has 0 fully saturated rings. The van der Waals surface area contributed by atoms with Gasteiger partial charge in [-0.2, -0.15) is 0 Å². The monoisotopic (exact) mass is 439 g/mol. The van der Waals surface area contributed by atoms with Gasteiger partial charge in [0.15, 0.2) is 0 Å². The first-order chi connectivity index (χ1) is 15.0. The molecule has 1 unspecified atom stereocenters. The second-order valence-electron chi connectivity index (χ2n) is 7.56. The summed E-state index contributed by atoms with van der Waals surface area (Å²) in [5.41, 5.74) is 1.78. The van der Waals surface area contributed by atoms with Crippen molar-refractivity contribution >= 4 is 39.1 Å². The first-order valence-electron chi connectivity index (χ1n) is 10.6. The van der Waals surface area contributed by atoms with Crippen LogP contribution in [0.5, 0.6) is 0 Å². The van der Waals surface area contributed by atoms with Gasteiger partial charge in [0.05, 0.1) is 23.9 Å². The fourth-order valence-electron chi connectivity index (χ4n) is 4.05. The van der Waals surface area contributed by atoms with E-state index in [1.165, 1.54) is 15.8 Å². The number of amides is 1. The molecule has 0 spiro atoms. The quantitative estimate of drug-likeness (QED) is 0.584. The second kappa shape index (κ2) is 9.01. The minimum Gasteiger partial charge on any atom is -0.462 e. The van der Waals surface area contributed by atoms with Crippen molar-refractivity contribution in [2.45, 2.75) is 52.0 Å².